The molecule has 59 heavy (non-hydrogen) atoms. The van der Waals surface area contributed by atoms with E-state index in [2.05, 4.69) is 4.98 Å². The lowest BCUT2D eigenvalue weighted by Gasteiger charge is -2.50. The number of allylic oxidation sites excluding steroid dienone is 1. The van der Waals surface area contributed by atoms with E-state index in [9.17, 15) is 19.2 Å². The van der Waals surface area contributed by atoms with E-state index >= 15 is 0 Å². The number of ether oxygens (including phenoxy) is 10. The maximum absolute atomic E-state index is 13.4. The normalized spacial score (nSPS) is 17.7. The van der Waals surface area contributed by atoms with Gasteiger partial charge in [-0.1, -0.05) is 12.2 Å². The van der Waals surface area contributed by atoms with E-state index in [1.54, 1.807) is 47.5 Å². The van der Waals surface area contributed by atoms with Crippen LogP contribution in [-0.4, -0.2) is 113 Å². The van der Waals surface area contributed by atoms with Crippen LogP contribution in [0.15, 0.2) is 73.0 Å². The van der Waals surface area contributed by atoms with E-state index in [1.165, 1.54) is 47.6 Å². The number of methoxy groups -OCH3 is 6. The highest BCUT2D eigenvalue weighted by Gasteiger charge is 2.73. The number of benzene rings is 2. The van der Waals surface area contributed by atoms with Gasteiger partial charge in [-0.3, -0.25) is 4.98 Å². The van der Waals surface area contributed by atoms with Crippen LogP contribution in [0.2, 0.25) is 0 Å². The zero-order valence-electron chi connectivity index (χ0n) is 33.5. The van der Waals surface area contributed by atoms with Gasteiger partial charge in [-0.25, -0.2) is 29.0 Å². The molecule has 3 aliphatic heterocycles. The summed E-state index contributed by atoms with van der Waals surface area (Å²) in [4.78, 5) is 61.2. The van der Waals surface area contributed by atoms with Crippen molar-refractivity contribution in [2.45, 2.75) is 37.6 Å². The molecule has 1 aromatic heterocycles. The SMILES string of the molecule is COc1cc(/C=C/CCCN2CCCN(Cc3ccnc(-c4cc(OC)c(OC)c(OC)c4)c3)C3(OC(=O)C=CC(=O)O3)C23OC(=O)C=CC(=O)O3)cc(OC)c1OC. The molecule has 3 aromatic rings. The first-order valence-corrected chi connectivity index (χ1v) is 18.5. The third-order valence-electron chi connectivity index (χ3n) is 9.71. The molecule has 4 heterocycles. The van der Waals surface area contributed by atoms with Crippen molar-refractivity contribution < 1.29 is 66.5 Å². The van der Waals surface area contributed by atoms with E-state index in [0.29, 0.717) is 70.6 Å². The molecule has 0 atom stereocenters. The Morgan fingerprint density at radius 2 is 1.12 bits per heavy atom. The number of hydrogen-bond acceptors (Lipinski definition) is 17. The van der Waals surface area contributed by atoms with Gasteiger partial charge in [0.2, 0.25) is 11.5 Å². The highest BCUT2D eigenvalue weighted by Crippen LogP contribution is 2.45. The predicted octanol–water partition coefficient (Wildman–Crippen LogP) is 4.42. The molecule has 0 aliphatic carbocycles. The summed E-state index contributed by atoms with van der Waals surface area (Å²) >= 11 is 0. The van der Waals surface area contributed by atoms with Crippen molar-refractivity contribution >= 4 is 30.0 Å². The summed E-state index contributed by atoms with van der Waals surface area (Å²) in [5, 5.41) is 0. The van der Waals surface area contributed by atoms with Gasteiger partial charge in [0.1, 0.15) is 0 Å². The standard InChI is InChI=1S/C42H45N3O14/c1-50-31-22-27(23-32(51-2)39(31)54-5)11-8-7-9-18-44-19-10-20-45(26-28-16-17-43-30(21-28)29-24-33(52-3)40(55-6)34(25-29)53-4)42(58-37(48)14-15-38(49)59-42)41(44)56-35(46)12-13-36(47)57-41/h8,11-17,21-25H,7,9-10,18-20,26H2,1-6H3/b11-8+. The van der Waals surface area contributed by atoms with Crippen LogP contribution in [0.1, 0.15) is 30.4 Å². The van der Waals surface area contributed by atoms with Gasteiger partial charge in [0.05, 0.1) is 48.4 Å². The number of rotatable bonds is 14. The number of aromatic nitrogens is 1. The molecule has 17 nitrogen and oxygen atoms in total. The van der Waals surface area contributed by atoms with Crippen LogP contribution in [-0.2, 0) is 44.7 Å². The van der Waals surface area contributed by atoms with Crippen LogP contribution < -0.4 is 28.4 Å². The monoisotopic (exact) mass is 815 g/mol. The number of carbonyl (C=O) groups is 4. The third kappa shape index (κ3) is 8.66. The molecule has 2 aromatic carbocycles. The van der Waals surface area contributed by atoms with Crippen LogP contribution in [0, 0.1) is 0 Å². The van der Waals surface area contributed by atoms with Crippen LogP contribution in [0.4, 0.5) is 0 Å². The molecule has 0 amide bonds. The summed E-state index contributed by atoms with van der Waals surface area (Å²) in [6.45, 7) is 0.324. The number of fused-ring (bicyclic) bond motifs is 1. The van der Waals surface area contributed by atoms with E-state index in [1.807, 2.05) is 12.2 Å². The van der Waals surface area contributed by atoms with Crippen molar-refractivity contribution in [2.24, 2.45) is 0 Å². The van der Waals surface area contributed by atoms with Gasteiger partial charge in [0, 0.05) is 62.2 Å². The molecule has 1 fully saturated rings. The number of pyridine rings is 1. The van der Waals surface area contributed by atoms with Crippen molar-refractivity contribution in [3.8, 4) is 45.8 Å². The van der Waals surface area contributed by atoms with Crippen molar-refractivity contribution in [3.63, 3.8) is 0 Å². The topological polar surface area (TPSA) is 180 Å². The Hall–Kier alpha value is -6.59. The third-order valence-corrected chi connectivity index (χ3v) is 9.71. The maximum Gasteiger partial charge on any atom is 0.420 e. The van der Waals surface area contributed by atoms with E-state index < -0.39 is 35.7 Å². The van der Waals surface area contributed by atoms with E-state index in [4.69, 9.17) is 47.4 Å². The van der Waals surface area contributed by atoms with E-state index in [-0.39, 0.29) is 26.2 Å². The molecule has 0 bridgehead atoms. The first-order valence-electron chi connectivity index (χ1n) is 18.5. The molecule has 0 radical (unpaired) electrons. The molecule has 3 aliphatic rings. The number of hydrogen-bond donors (Lipinski definition) is 0. The highest BCUT2D eigenvalue weighted by atomic mass is 16.8. The van der Waals surface area contributed by atoms with E-state index in [0.717, 1.165) is 29.9 Å². The van der Waals surface area contributed by atoms with Crippen molar-refractivity contribution in [2.75, 3.05) is 62.3 Å². The summed E-state index contributed by atoms with van der Waals surface area (Å²) < 4.78 is 57.0. The molecule has 0 N–H and O–H groups in total. The number of unbranched alkanes of at least 4 members (excludes halogenated alkanes) is 1. The summed E-state index contributed by atoms with van der Waals surface area (Å²) in [6, 6.07) is 10.6. The average molecular weight is 816 g/mol. The highest BCUT2D eigenvalue weighted by molar-refractivity contribution is 5.95. The lowest BCUT2D eigenvalue weighted by molar-refractivity contribution is -0.444. The molecular weight excluding hydrogens is 770 g/mol. The quantitative estimate of drug-likeness (QED) is 0.165. The zero-order valence-corrected chi connectivity index (χ0v) is 33.5. The number of nitrogens with zero attached hydrogens (tertiary/aromatic N) is 3. The Bertz CT molecular complexity index is 2080. The fraction of sp³-hybridized carbons (Fsp3) is 0.357. The first-order chi connectivity index (χ1) is 28.5. The fourth-order valence-electron chi connectivity index (χ4n) is 7.10. The molecule has 312 valence electrons. The molecule has 0 unspecified atom stereocenters. The number of carbonyl (C=O) groups excluding carboxylic acids is 4. The molecule has 2 spiro atoms. The Labute approximate surface area is 340 Å². The van der Waals surface area contributed by atoms with Crippen LogP contribution >= 0.6 is 0 Å². The van der Waals surface area contributed by atoms with Crippen LogP contribution in [0.3, 0.4) is 0 Å². The largest absolute Gasteiger partial charge is 0.493 e. The van der Waals surface area contributed by atoms with Crippen molar-refractivity contribution in [1.82, 2.24) is 14.8 Å². The average Bonchev–Trinajstić information content (AvgIpc) is 3.55. The smallest absolute Gasteiger partial charge is 0.420 e. The van der Waals surface area contributed by atoms with Gasteiger partial charge in [-0.05, 0) is 66.8 Å². The van der Waals surface area contributed by atoms with Crippen LogP contribution in [0.5, 0.6) is 34.5 Å². The molecule has 6 rings (SSSR count). The zero-order chi connectivity index (χ0) is 42.2. The molecule has 1 saturated heterocycles. The Morgan fingerprint density at radius 1 is 0.644 bits per heavy atom. The molecule has 17 heteroatoms. The second-order valence-corrected chi connectivity index (χ2v) is 13.2. The van der Waals surface area contributed by atoms with Gasteiger partial charge >= 0.3 is 35.7 Å². The summed E-state index contributed by atoms with van der Waals surface area (Å²) in [6.07, 6.45) is 10.2. The predicted molar refractivity (Wildman–Crippen MR) is 208 cm³/mol. The first kappa shape index (κ1) is 42.0. The minimum Gasteiger partial charge on any atom is -0.493 e. The van der Waals surface area contributed by atoms with Gasteiger partial charge in [0.25, 0.3) is 0 Å². The Kier molecular flexibility index (Phi) is 13.1. The number of esters is 4. The second-order valence-electron chi connectivity index (χ2n) is 13.2. The lowest BCUT2D eigenvalue weighted by atomic mass is 10.1. The van der Waals surface area contributed by atoms with Crippen molar-refractivity contribution in [1.29, 1.82) is 0 Å². The van der Waals surface area contributed by atoms with Gasteiger partial charge in [0.15, 0.2) is 23.0 Å². The van der Waals surface area contributed by atoms with Gasteiger partial charge in [-0.2, -0.15) is 0 Å². The van der Waals surface area contributed by atoms with Gasteiger partial charge in [-0.15, -0.1) is 0 Å². The minimum absolute atomic E-state index is 0.0733. The van der Waals surface area contributed by atoms with Crippen LogP contribution in [0.25, 0.3) is 17.3 Å². The lowest BCUT2D eigenvalue weighted by Crippen LogP contribution is -2.75. The Balaban J connectivity index is 1.36. The summed E-state index contributed by atoms with van der Waals surface area (Å²) in [7, 11) is 9.10. The minimum atomic E-state index is -2.64. The van der Waals surface area contributed by atoms with Crippen molar-refractivity contribution in [3.05, 3.63) is 84.1 Å². The van der Waals surface area contributed by atoms with Gasteiger partial charge < -0.3 is 47.4 Å². The molecule has 0 saturated carbocycles. The summed E-state index contributed by atoms with van der Waals surface area (Å²) in [5.74, 6) is -6.59. The maximum atomic E-state index is 13.4. The summed E-state index contributed by atoms with van der Waals surface area (Å²) in [5.41, 5.74) is 2.53. The molecular formula is C42H45N3O14. The Morgan fingerprint density at radius 3 is 1.61 bits per heavy atom. The fourth-order valence-corrected chi connectivity index (χ4v) is 7.10. The second kappa shape index (κ2) is 18.3.